The molecule has 4 rings (SSSR count). The number of carbonyl (C=O) groups is 1. The number of hydrogen-bond acceptors (Lipinski definition) is 6. The van der Waals surface area contributed by atoms with Gasteiger partial charge in [-0.1, -0.05) is 13.3 Å². The van der Waals surface area contributed by atoms with Crippen LogP contribution in [0.3, 0.4) is 0 Å². The fraction of sp³-hybridized carbons (Fsp3) is 0.619. The van der Waals surface area contributed by atoms with Gasteiger partial charge in [-0.2, -0.15) is 5.10 Å². The van der Waals surface area contributed by atoms with Crippen molar-refractivity contribution in [3.8, 4) is 0 Å². The van der Waals surface area contributed by atoms with E-state index < -0.39 is 0 Å². The summed E-state index contributed by atoms with van der Waals surface area (Å²) < 4.78 is 7.99. The van der Waals surface area contributed by atoms with Crippen molar-refractivity contribution in [3.63, 3.8) is 0 Å². The van der Waals surface area contributed by atoms with Crippen LogP contribution in [0, 0.1) is 0 Å². The normalized spacial score (nSPS) is 23.3. The molecule has 0 aromatic carbocycles. The summed E-state index contributed by atoms with van der Waals surface area (Å²) in [5.74, 6) is 0.698. The molecule has 8 nitrogen and oxygen atoms in total. The first-order valence-corrected chi connectivity index (χ1v) is 10.6. The molecule has 2 saturated heterocycles. The number of carbonyl (C=O) groups excluding carboxylic acids is 1. The van der Waals surface area contributed by atoms with E-state index in [1.54, 1.807) is 17.1 Å². The molecule has 2 aliphatic rings. The molecule has 0 N–H and O–H groups in total. The molecule has 2 aromatic rings. The van der Waals surface area contributed by atoms with Gasteiger partial charge in [0.25, 0.3) is 5.91 Å². The minimum atomic E-state index is -0.169. The van der Waals surface area contributed by atoms with Crippen molar-refractivity contribution in [2.45, 2.75) is 44.8 Å². The molecule has 2 aliphatic heterocycles. The predicted octanol–water partition coefficient (Wildman–Crippen LogP) is 1.84. The minimum absolute atomic E-state index is 0.0477. The van der Waals surface area contributed by atoms with Crippen LogP contribution in [0.25, 0.3) is 0 Å². The van der Waals surface area contributed by atoms with Gasteiger partial charge in [0.05, 0.1) is 30.5 Å². The molecule has 2 aromatic heterocycles. The zero-order valence-electron chi connectivity index (χ0n) is 17.3. The lowest BCUT2D eigenvalue weighted by molar-refractivity contribution is -0.0741. The smallest absolute Gasteiger partial charge is 0.257 e. The van der Waals surface area contributed by atoms with Gasteiger partial charge in [-0.3, -0.25) is 9.48 Å². The fourth-order valence-electron chi connectivity index (χ4n) is 4.31. The highest BCUT2D eigenvalue weighted by Gasteiger charge is 2.38. The number of hydrogen-bond donors (Lipinski definition) is 0. The van der Waals surface area contributed by atoms with Crippen LogP contribution in [0.1, 0.15) is 54.0 Å². The van der Waals surface area contributed by atoms with E-state index in [1.165, 1.54) is 19.3 Å². The molecule has 1 amide bonds. The van der Waals surface area contributed by atoms with Crippen molar-refractivity contribution in [2.24, 2.45) is 7.05 Å². The minimum Gasteiger partial charge on any atom is -0.373 e. The highest BCUT2D eigenvalue weighted by molar-refractivity contribution is 5.94. The van der Waals surface area contributed by atoms with Gasteiger partial charge in [-0.25, -0.2) is 9.97 Å². The standard InChI is InChI=1S/C21H30N6O2/c1-3-19-22-11-16(12-23-19)21(28)27-9-10-29-18(15-26-7-5-4-6-8-26)20(27)17-13-24-25(2)14-17/h11-14,18,20H,3-10,15H2,1-2H3/t18-,20-/m0/s1. The van der Waals surface area contributed by atoms with Crippen LogP contribution >= 0.6 is 0 Å². The molecular formula is C21H30N6O2. The number of morpholine rings is 1. The average Bonchev–Trinajstić information content (AvgIpc) is 3.19. The van der Waals surface area contributed by atoms with Gasteiger partial charge in [-0.05, 0) is 25.9 Å². The summed E-state index contributed by atoms with van der Waals surface area (Å²) in [4.78, 5) is 26.4. The number of ether oxygens (including phenoxy) is 1. The number of piperidine rings is 1. The van der Waals surface area contributed by atoms with Gasteiger partial charge in [0.15, 0.2) is 0 Å². The maximum atomic E-state index is 13.4. The number of aromatic nitrogens is 4. The molecule has 2 atom stereocenters. The second kappa shape index (κ2) is 9.00. The maximum absolute atomic E-state index is 13.4. The van der Waals surface area contributed by atoms with Crippen LogP contribution in [0.4, 0.5) is 0 Å². The van der Waals surface area contributed by atoms with E-state index in [-0.39, 0.29) is 18.1 Å². The molecule has 29 heavy (non-hydrogen) atoms. The van der Waals surface area contributed by atoms with Gasteiger partial charge in [-0.15, -0.1) is 0 Å². The number of nitrogens with zero attached hydrogens (tertiary/aromatic N) is 6. The number of likely N-dealkylation sites (tertiary alicyclic amines) is 1. The van der Waals surface area contributed by atoms with E-state index in [2.05, 4.69) is 20.0 Å². The van der Waals surface area contributed by atoms with Gasteiger partial charge in [0.1, 0.15) is 5.82 Å². The van der Waals surface area contributed by atoms with Crippen LogP contribution in [-0.2, 0) is 18.2 Å². The molecular weight excluding hydrogens is 368 g/mol. The summed E-state index contributed by atoms with van der Waals surface area (Å²) in [6, 6.07) is -0.169. The molecule has 156 valence electrons. The maximum Gasteiger partial charge on any atom is 0.257 e. The first-order chi connectivity index (χ1) is 14.2. The quantitative estimate of drug-likeness (QED) is 0.765. The Kier molecular flexibility index (Phi) is 6.20. The van der Waals surface area contributed by atoms with Crippen LogP contribution in [0.15, 0.2) is 24.8 Å². The van der Waals surface area contributed by atoms with Gasteiger partial charge in [0.2, 0.25) is 0 Å². The highest BCUT2D eigenvalue weighted by atomic mass is 16.5. The second-order valence-electron chi connectivity index (χ2n) is 7.90. The summed E-state index contributed by atoms with van der Waals surface area (Å²) in [5, 5.41) is 4.35. The van der Waals surface area contributed by atoms with E-state index in [0.717, 1.165) is 37.4 Å². The van der Waals surface area contributed by atoms with Crippen LogP contribution in [0.2, 0.25) is 0 Å². The number of amides is 1. The number of aryl methyl sites for hydroxylation is 2. The largest absolute Gasteiger partial charge is 0.373 e. The van der Waals surface area contributed by atoms with Gasteiger partial charge < -0.3 is 14.5 Å². The Bertz CT molecular complexity index is 815. The molecule has 4 heterocycles. The Morgan fingerprint density at radius 2 is 1.90 bits per heavy atom. The summed E-state index contributed by atoms with van der Waals surface area (Å²) in [5.41, 5.74) is 1.53. The monoisotopic (exact) mass is 398 g/mol. The van der Waals surface area contributed by atoms with Crippen molar-refractivity contribution in [1.29, 1.82) is 0 Å². The van der Waals surface area contributed by atoms with Crippen LogP contribution < -0.4 is 0 Å². The van der Waals surface area contributed by atoms with Gasteiger partial charge >= 0.3 is 0 Å². The molecule has 2 fully saturated rings. The van der Waals surface area contributed by atoms with Crippen molar-refractivity contribution in [2.75, 3.05) is 32.8 Å². The Labute approximate surface area is 171 Å². The Balaban J connectivity index is 1.60. The number of rotatable bonds is 5. The van der Waals surface area contributed by atoms with Crippen LogP contribution in [-0.4, -0.2) is 74.3 Å². The lowest BCUT2D eigenvalue weighted by Gasteiger charge is -2.43. The first-order valence-electron chi connectivity index (χ1n) is 10.6. The van der Waals surface area contributed by atoms with E-state index >= 15 is 0 Å². The lowest BCUT2D eigenvalue weighted by Crippen LogP contribution is -2.52. The lowest BCUT2D eigenvalue weighted by atomic mass is 9.98. The Hall–Kier alpha value is -2.32. The third-order valence-corrected chi connectivity index (χ3v) is 5.83. The van der Waals surface area contributed by atoms with Crippen molar-refractivity contribution in [1.82, 2.24) is 29.5 Å². The summed E-state index contributed by atoms with van der Waals surface area (Å²) >= 11 is 0. The van der Waals surface area contributed by atoms with E-state index in [0.29, 0.717) is 18.7 Å². The molecule has 0 radical (unpaired) electrons. The third kappa shape index (κ3) is 4.48. The van der Waals surface area contributed by atoms with E-state index in [1.807, 2.05) is 31.3 Å². The summed E-state index contributed by atoms with van der Waals surface area (Å²) in [6.07, 6.45) is 11.5. The molecule has 8 heteroatoms. The van der Waals surface area contributed by atoms with Crippen molar-refractivity contribution < 1.29 is 9.53 Å². The van der Waals surface area contributed by atoms with Crippen molar-refractivity contribution in [3.05, 3.63) is 41.7 Å². The Morgan fingerprint density at radius 1 is 1.14 bits per heavy atom. The highest BCUT2D eigenvalue weighted by Crippen LogP contribution is 2.31. The summed E-state index contributed by atoms with van der Waals surface area (Å²) in [7, 11) is 1.90. The first kappa shape index (κ1) is 20.0. The van der Waals surface area contributed by atoms with Crippen molar-refractivity contribution >= 4 is 5.91 Å². The molecule has 0 aliphatic carbocycles. The van der Waals surface area contributed by atoms with E-state index in [4.69, 9.17) is 4.74 Å². The third-order valence-electron chi connectivity index (χ3n) is 5.83. The van der Waals surface area contributed by atoms with Gasteiger partial charge in [0, 0.05) is 50.7 Å². The molecule has 0 unspecified atom stereocenters. The average molecular weight is 399 g/mol. The van der Waals surface area contributed by atoms with E-state index in [9.17, 15) is 4.79 Å². The summed E-state index contributed by atoms with van der Waals surface area (Å²) in [6.45, 7) is 6.11. The Morgan fingerprint density at radius 3 is 2.55 bits per heavy atom. The zero-order chi connectivity index (χ0) is 20.2. The topological polar surface area (TPSA) is 76.4 Å². The second-order valence-corrected chi connectivity index (χ2v) is 7.90. The molecule has 0 bridgehead atoms. The van der Waals surface area contributed by atoms with Crippen LogP contribution in [0.5, 0.6) is 0 Å². The molecule has 0 spiro atoms. The molecule has 0 saturated carbocycles. The fourth-order valence-corrected chi connectivity index (χ4v) is 4.31. The zero-order valence-corrected chi connectivity index (χ0v) is 17.3. The SMILES string of the molecule is CCc1ncc(C(=O)N2CCO[C@@H](CN3CCCCC3)[C@@H]2c2cnn(C)c2)cn1. The predicted molar refractivity (Wildman–Crippen MR) is 108 cm³/mol.